The van der Waals surface area contributed by atoms with Gasteiger partial charge in [-0.25, -0.2) is 0 Å². The molecule has 6 aromatic carbocycles. The minimum atomic E-state index is -1.89. The van der Waals surface area contributed by atoms with E-state index in [4.69, 9.17) is 23.2 Å². The number of hydrogen-bond donors (Lipinski definition) is 0. The molecule has 0 aliphatic carbocycles. The van der Waals surface area contributed by atoms with Crippen molar-refractivity contribution < 1.29 is 0 Å². The van der Waals surface area contributed by atoms with Crippen LogP contribution in [0.4, 0.5) is 0 Å². The Morgan fingerprint density at radius 2 is 0.650 bits per heavy atom. The summed E-state index contributed by atoms with van der Waals surface area (Å²) in [6, 6.07) is 49.0. The standard InChI is InChI=1S/C36H22Cl2I2/c37-25-17-23(19-27(21-25)39-33-13-5-1-9-29(33)30-10-2-6-14-34(30)39)24-18-26(38)22-28(20-24)40-35-15-7-3-11-31(35)32-12-4-8-16-36(32)40/h1-22H. The average Bonchev–Trinajstić information content (AvgIpc) is 3.50. The molecule has 6 aromatic rings. The minimum absolute atomic E-state index is 0.781. The van der Waals surface area contributed by atoms with Gasteiger partial charge in [-0.3, -0.25) is 0 Å². The normalized spacial score (nSPS) is 14.4. The van der Waals surface area contributed by atoms with Crippen LogP contribution in [-0.4, -0.2) is 0 Å². The van der Waals surface area contributed by atoms with Crippen LogP contribution in [0.3, 0.4) is 0 Å². The first-order valence-corrected chi connectivity index (χ1v) is 20.3. The van der Waals surface area contributed by atoms with Crippen LogP contribution in [0.15, 0.2) is 133 Å². The third-order valence-electron chi connectivity index (χ3n) is 7.39. The molecule has 4 heteroatoms. The Kier molecular flexibility index (Phi) is 6.29. The van der Waals surface area contributed by atoms with E-state index in [2.05, 4.69) is 133 Å². The Labute approximate surface area is 258 Å². The summed E-state index contributed by atoms with van der Waals surface area (Å²) in [5, 5.41) is 1.56. The van der Waals surface area contributed by atoms with Gasteiger partial charge in [0.1, 0.15) is 0 Å². The molecule has 8 rings (SSSR count). The van der Waals surface area contributed by atoms with Gasteiger partial charge in [-0.1, -0.05) is 0 Å². The van der Waals surface area contributed by atoms with Gasteiger partial charge >= 0.3 is 261 Å². The summed E-state index contributed by atoms with van der Waals surface area (Å²) in [6.07, 6.45) is 0. The Bertz CT molecular complexity index is 1730. The van der Waals surface area contributed by atoms with Crippen LogP contribution in [0.25, 0.3) is 33.4 Å². The van der Waals surface area contributed by atoms with Gasteiger partial charge in [0.2, 0.25) is 0 Å². The van der Waals surface area contributed by atoms with Crippen LogP contribution < -0.4 is 0 Å². The molecule has 0 saturated carbocycles. The third-order valence-corrected chi connectivity index (χ3v) is 20.0. The van der Waals surface area contributed by atoms with Crippen LogP contribution >= 0.6 is 62.8 Å². The van der Waals surface area contributed by atoms with Crippen LogP contribution in [0.2, 0.25) is 10.0 Å². The molecule has 2 heterocycles. The molecular weight excluding hydrogens is 757 g/mol. The summed E-state index contributed by atoms with van der Waals surface area (Å²) >= 11 is 9.97. The van der Waals surface area contributed by atoms with Gasteiger partial charge < -0.3 is 0 Å². The second-order valence-electron chi connectivity index (χ2n) is 9.80. The molecule has 2 aliphatic rings. The Morgan fingerprint density at radius 3 is 0.975 bits per heavy atom. The number of hydrogen-bond acceptors (Lipinski definition) is 0. The van der Waals surface area contributed by atoms with E-state index in [0.29, 0.717) is 0 Å². The summed E-state index contributed by atoms with van der Waals surface area (Å²) in [5.41, 5.74) is 7.78. The van der Waals surface area contributed by atoms with E-state index in [1.807, 2.05) is 0 Å². The summed E-state index contributed by atoms with van der Waals surface area (Å²) in [5.74, 6) is 0. The van der Waals surface area contributed by atoms with E-state index in [0.717, 1.165) is 21.2 Å². The molecular formula is C36H22Cl2I2. The zero-order valence-electron chi connectivity index (χ0n) is 21.2. The Hall–Kier alpha value is -2.64. The Morgan fingerprint density at radius 1 is 0.350 bits per heavy atom. The van der Waals surface area contributed by atoms with E-state index in [1.54, 1.807) is 0 Å². The molecule has 0 aromatic heterocycles. The van der Waals surface area contributed by atoms with E-state index in [1.165, 1.54) is 43.7 Å². The summed E-state index contributed by atoms with van der Waals surface area (Å²) in [6.45, 7) is 0. The van der Waals surface area contributed by atoms with Gasteiger partial charge in [-0.2, -0.15) is 0 Å². The molecule has 0 saturated heterocycles. The fraction of sp³-hybridized carbons (Fsp3) is 0. The molecule has 40 heavy (non-hydrogen) atoms. The van der Waals surface area contributed by atoms with Crippen LogP contribution in [0.5, 0.6) is 0 Å². The number of benzene rings is 6. The van der Waals surface area contributed by atoms with Crippen molar-refractivity contribution in [2.24, 2.45) is 0 Å². The molecule has 0 N–H and O–H groups in total. The zero-order chi connectivity index (χ0) is 26.8. The third kappa shape index (κ3) is 4.06. The molecule has 0 unspecified atom stereocenters. The topological polar surface area (TPSA) is 0 Å². The van der Waals surface area contributed by atoms with Gasteiger partial charge in [0.15, 0.2) is 0 Å². The van der Waals surface area contributed by atoms with Crippen molar-refractivity contribution in [3.63, 3.8) is 0 Å². The monoisotopic (exact) mass is 778 g/mol. The van der Waals surface area contributed by atoms with Gasteiger partial charge in [0, 0.05) is 0 Å². The fourth-order valence-corrected chi connectivity index (χ4v) is 19.6. The molecule has 0 bridgehead atoms. The van der Waals surface area contributed by atoms with Gasteiger partial charge in [-0.05, 0) is 0 Å². The summed E-state index contributed by atoms with van der Waals surface area (Å²) < 4.78 is 8.67. The number of rotatable bonds is 3. The van der Waals surface area contributed by atoms with Gasteiger partial charge in [0.25, 0.3) is 0 Å². The zero-order valence-corrected chi connectivity index (χ0v) is 27.0. The molecule has 0 atom stereocenters. The molecule has 2 aliphatic heterocycles. The molecule has 194 valence electrons. The van der Waals surface area contributed by atoms with Crippen LogP contribution in [-0.2, 0) is 0 Å². The number of fused-ring (bicyclic) bond motifs is 6. The summed E-state index contributed by atoms with van der Waals surface area (Å²) in [7, 11) is 0. The second-order valence-corrected chi connectivity index (χ2v) is 21.1. The maximum absolute atomic E-state index is 6.87. The van der Waals surface area contributed by atoms with Crippen molar-refractivity contribution in [3.8, 4) is 33.4 Å². The molecule has 0 radical (unpaired) electrons. The average molecular weight is 779 g/mol. The van der Waals surface area contributed by atoms with Crippen molar-refractivity contribution in [2.45, 2.75) is 0 Å². The first kappa shape index (κ1) is 25.1. The van der Waals surface area contributed by atoms with Gasteiger partial charge in [0.05, 0.1) is 0 Å². The molecule has 0 nitrogen and oxygen atoms in total. The van der Waals surface area contributed by atoms with E-state index in [9.17, 15) is 0 Å². The van der Waals surface area contributed by atoms with E-state index in [-0.39, 0.29) is 0 Å². The fourth-order valence-electron chi connectivity index (χ4n) is 5.73. The first-order valence-electron chi connectivity index (χ1n) is 13.0. The van der Waals surface area contributed by atoms with Crippen molar-refractivity contribution in [2.75, 3.05) is 0 Å². The molecule has 0 amide bonds. The quantitative estimate of drug-likeness (QED) is 0.157. The molecule has 0 spiro atoms. The Balaban J connectivity index is 1.28. The maximum atomic E-state index is 6.87. The van der Waals surface area contributed by atoms with Gasteiger partial charge in [-0.15, -0.1) is 0 Å². The van der Waals surface area contributed by atoms with E-state index >= 15 is 0 Å². The first-order chi connectivity index (χ1) is 19.7. The van der Waals surface area contributed by atoms with E-state index < -0.39 is 39.6 Å². The predicted molar refractivity (Wildman–Crippen MR) is 186 cm³/mol. The second kappa shape index (κ2) is 10.0. The van der Waals surface area contributed by atoms with Crippen molar-refractivity contribution in [1.29, 1.82) is 0 Å². The molecule has 0 fully saturated rings. The van der Waals surface area contributed by atoms with Crippen LogP contribution in [0, 0.1) is 21.4 Å². The van der Waals surface area contributed by atoms with Crippen molar-refractivity contribution in [3.05, 3.63) is 165 Å². The number of halogens is 4. The van der Waals surface area contributed by atoms with Crippen molar-refractivity contribution in [1.82, 2.24) is 0 Å². The SMILES string of the molecule is Clc1cc(-c2cc(Cl)cc(I3c4ccccc4-c4ccccc43)c2)cc(I2c3ccccc3-c3ccccc32)c1. The van der Waals surface area contributed by atoms with Crippen molar-refractivity contribution >= 4 is 62.8 Å². The summed E-state index contributed by atoms with van der Waals surface area (Å²) in [4.78, 5) is 0. The predicted octanol–water partition coefficient (Wildman–Crippen LogP) is 11.5. The van der Waals surface area contributed by atoms with Crippen LogP contribution in [0.1, 0.15) is 0 Å².